The van der Waals surface area contributed by atoms with E-state index in [4.69, 9.17) is 11.6 Å². The van der Waals surface area contributed by atoms with Crippen LogP contribution < -0.4 is 5.32 Å². The molecule has 0 bridgehead atoms. The molecule has 0 spiro atoms. The van der Waals surface area contributed by atoms with Crippen molar-refractivity contribution in [3.05, 3.63) is 34.9 Å². The van der Waals surface area contributed by atoms with Crippen LogP contribution in [0.25, 0.3) is 0 Å². The Hall–Kier alpha value is -0.570. The monoisotopic (exact) mass is 254 g/mol. The van der Waals surface area contributed by atoms with Crippen molar-refractivity contribution in [2.45, 2.75) is 32.4 Å². The second-order valence-corrected chi connectivity index (χ2v) is 5.13. The number of hydrogen-bond acceptors (Lipinski definition) is 2. The third kappa shape index (κ3) is 4.30. The normalized spacial score (nSPS) is 13.4. The molecule has 0 amide bonds. The number of rotatable bonds is 6. The lowest BCUT2D eigenvalue weighted by Gasteiger charge is -2.25. The van der Waals surface area contributed by atoms with Gasteiger partial charge in [-0.15, -0.1) is 0 Å². The smallest absolute Gasteiger partial charge is 0.0453 e. The average Bonchev–Trinajstić information content (AvgIpc) is 2.31. The van der Waals surface area contributed by atoms with Crippen molar-refractivity contribution < 1.29 is 0 Å². The summed E-state index contributed by atoms with van der Waals surface area (Å²) in [4.78, 5) is 2.35. The molecule has 1 rings (SSSR count). The molecule has 0 saturated carbocycles. The van der Waals surface area contributed by atoms with Crippen LogP contribution in [0.5, 0.6) is 0 Å². The third-order valence-electron chi connectivity index (χ3n) is 3.28. The fourth-order valence-corrected chi connectivity index (χ4v) is 2.07. The van der Waals surface area contributed by atoms with E-state index in [2.05, 4.69) is 37.2 Å². The van der Waals surface area contributed by atoms with Gasteiger partial charge in [0.15, 0.2) is 0 Å². The highest BCUT2D eigenvalue weighted by molar-refractivity contribution is 6.31. The first kappa shape index (κ1) is 14.5. The molecule has 0 radical (unpaired) electrons. The van der Waals surface area contributed by atoms with Crippen LogP contribution in [0, 0.1) is 0 Å². The molecular formula is C14H23ClN2. The zero-order valence-corrected chi connectivity index (χ0v) is 12.0. The summed E-state index contributed by atoms with van der Waals surface area (Å²) < 4.78 is 0. The van der Waals surface area contributed by atoms with E-state index < -0.39 is 0 Å². The number of nitrogens with zero attached hydrogens (tertiary/aromatic N) is 1. The molecule has 1 atom stereocenters. The highest BCUT2D eigenvalue weighted by atomic mass is 35.5. The van der Waals surface area contributed by atoms with Crippen LogP contribution in [0.2, 0.25) is 5.02 Å². The van der Waals surface area contributed by atoms with Crippen LogP contribution in [0.4, 0.5) is 0 Å². The highest BCUT2D eigenvalue weighted by Gasteiger charge is 2.13. The van der Waals surface area contributed by atoms with Gasteiger partial charge < -0.3 is 10.2 Å². The Balaban J connectivity index is 2.64. The molecule has 0 aliphatic heterocycles. The van der Waals surface area contributed by atoms with Gasteiger partial charge in [-0.05, 0) is 52.5 Å². The lowest BCUT2D eigenvalue weighted by atomic mass is 10.0. The molecule has 0 fully saturated rings. The second kappa shape index (κ2) is 7.00. The predicted octanol–water partition coefficient (Wildman–Crippen LogP) is 3.33. The minimum absolute atomic E-state index is 0.324. The average molecular weight is 255 g/mol. The van der Waals surface area contributed by atoms with Gasteiger partial charge in [-0.3, -0.25) is 0 Å². The summed E-state index contributed by atoms with van der Waals surface area (Å²) in [5.74, 6) is 0. The maximum atomic E-state index is 6.22. The fraction of sp³-hybridized carbons (Fsp3) is 0.571. The quantitative estimate of drug-likeness (QED) is 0.838. The molecule has 2 nitrogen and oxygen atoms in total. The van der Waals surface area contributed by atoms with Crippen molar-refractivity contribution in [1.29, 1.82) is 0 Å². The van der Waals surface area contributed by atoms with Gasteiger partial charge in [0.1, 0.15) is 0 Å². The van der Waals surface area contributed by atoms with E-state index in [9.17, 15) is 0 Å². The molecule has 1 aromatic rings. The molecule has 3 heteroatoms. The number of halogens is 1. The first-order valence-electron chi connectivity index (χ1n) is 6.18. The number of nitrogens with one attached hydrogen (secondary N) is 1. The van der Waals surface area contributed by atoms with Crippen molar-refractivity contribution in [1.82, 2.24) is 10.2 Å². The summed E-state index contributed by atoms with van der Waals surface area (Å²) in [6, 6.07) is 8.96. The van der Waals surface area contributed by atoms with E-state index >= 15 is 0 Å². The topological polar surface area (TPSA) is 15.3 Å². The second-order valence-electron chi connectivity index (χ2n) is 4.73. The van der Waals surface area contributed by atoms with Gasteiger partial charge in [0, 0.05) is 17.1 Å². The van der Waals surface area contributed by atoms with Gasteiger partial charge in [0.2, 0.25) is 0 Å². The zero-order valence-electron chi connectivity index (χ0n) is 11.2. The van der Waals surface area contributed by atoms with Gasteiger partial charge in [0.25, 0.3) is 0 Å². The molecule has 1 N–H and O–H groups in total. The van der Waals surface area contributed by atoms with Crippen LogP contribution in [0.3, 0.4) is 0 Å². The van der Waals surface area contributed by atoms with Crippen LogP contribution in [-0.2, 0) is 0 Å². The SMILES string of the molecule is CNC(CCN(C)C(C)C)c1ccccc1Cl. The van der Waals surface area contributed by atoms with Crippen LogP contribution in [0.15, 0.2) is 24.3 Å². The Morgan fingerprint density at radius 1 is 1.29 bits per heavy atom. The summed E-state index contributed by atoms with van der Waals surface area (Å²) in [6.45, 7) is 5.49. The van der Waals surface area contributed by atoms with E-state index in [1.165, 1.54) is 5.56 Å². The van der Waals surface area contributed by atoms with Gasteiger partial charge in [-0.2, -0.15) is 0 Å². The zero-order chi connectivity index (χ0) is 12.8. The van der Waals surface area contributed by atoms with Gasteiger partial charge in [-0.25, -0.2) is 0 Å². The van der Waals surface area contributed by atoms with Gasteiger partial charge >= 0.3 is 0 Å². The summed E-state index contributed by atoms with van der Waals surface area (Å²) in [6.07, 6.45) is 1.06. The molecule has 0 saturated heterocycles. The Morgan fingerprint density at radius 3 is 2.47 bits per heavy atom. The van der Waals surface area contributed by atoms with Crippen LogP contribution >= 0.6 is 11.6 Å². The summed E-state index contributed by atoms with van der Waals surface area (Å²) in [7, 11) is 4.15. The molecule has 0 aliphatic rings. The molecule has 0 aromatic heterocycles. The first-order valence-corrected chi connectivity index (χ1v) is 6.56. The maximum absolute atomic E-state index is 6.22. The molecule has 17 heavy (non-hydrogen) atoms. The Kier molecular flexibility index (Phi) is 5.96. The molecule has 96 valence electrons. The van der Waals surface area contributed by atoms with Crippen LogP contribution in [-0.4, -0.2) is 31.6 Å². The molecule has 0 heterocycles. The Morgan fingerprint density at radius 2 is 1.94 bits per heavy atom. The molecule has 1 unspecified atom stereocenters. The van der Waals surface area contributed by atoms with E-state index in [1.54, 1.807) is 0 Å². The van der Waals surface area contributed by atoms with E-state index in [0.717, 1.165) is 18.0 Å². The van der Waals surface area contributed by atoms with Crippen LogP contribution in [0.1, 0.15) is 31.9 Å². The predicted molar refractivity (Wildman–Crippen MR) is 75.6 cm³/mol. The Bertz CT molecular complexity index is 339. The lowest BCUT2D eigenvalue weighted by molar-refractivity contribution is 0.258. The molecule has 1 aromatic carbocycles. The van der Waals surface area contributed by atoms with Crippen molar-refractivity contribution in [2.75, 3.05) is 20.6 Å². The van der Waals surface area contributed by atoms with E-state index in [-0.39, 0.29) is 0 Å². The minimum Gasteiger partial charge on any atom is -0.313 e. The molecular weight excluding hydrogens is 232 g/mol. The molecule has 0 aliphatic carbocycles. The maximum Gasteiger partial charge on any atom is 0.0453 e. The lowest BCUT2D eigenvalue weighted by Crippen LogP contribution is -2.30. The van der Waals surface area contributed by atoms with E-state index in [1.807, 2.05) is 25.2 Å². The summed E-state index contributed by atoms with van der Waals surface area (Å²) in [5, 5.41) is 4.19. The van der Waals surface area contributed by atoms with Gasteiger partial charge in [-0.1, -0.05) is 29.8 Å². The number of hydrogen-bond donors (Lipinski definition) is 1. The summed E-state index contributed by atoms with van der Waals surface area (Å²) >= 11 is 6.22. The summed E-state index contributed by atoms with van der Waals surface area (Å²) in [5.41, 5.74) is 1.19. The minimum atomic E-state index is 0.324. The standard InChI is InChI=1S/C14H23ClN2/c1-11(2)17(4)10-9-14(16-3)12-7-5-6-8-13(12)15/h5-8,11,14,16H,9-10H2,1-4H3. The van der Waals surface area contributed by atoms with Crippen molar-refractivity contribution in [3.63, 3.8) is 0 Å². The van der Waals surface area contributed by atoms with E-state index in [0.29, 0.717) is 12.1 Å². The van der Waals surface area contributed by atoms with Crippen molar-refractivity contribution in [2.24, 2.45) is 0 Å². The number of benzene rings is 1. The Labute approximate surface area is 110 Å². The highest BCUT2D eigenvalue weighted by Crippen LogP contribution is 2.24. The third-order valence-corrected chi connectivity index (χ3v) is 3.63. The largest absolute Gasteiger partial charge is 0.313 e. The van der Waals surface area contributed by atoms with Crippen molar-refractivity contribution in [3.8, 4) is 0 Å². The van der Waals surface area contributed by atoms with Gasteiger partial charge in [0.05, 0.1) is 0 Å². The van der Waals surface area contributed by atoms with Crippen molar-refractivity contribution >= 4 is 11.6 Å². The first-order chi connectivity index (χ1) is 8.06. The fourth-order valence-electron chi connectivity index (χ4n) is 1.80.